The van der Waals surface area contributed by atoms with Crippen LogP contribution in [0.2, 0.25) is 0 Å². The maximum absolute atomic E-state index is 13.7. The van der Waals surface area contributed by atoms with Crippen LogP contribution < -0.4 is 0 Å². The van der Waals surface area contributed by atoms with Gasteiger partial charge in [0.25, 0.3) is 0 Å². The first kappa shape index (κ1) is 12.3. The highest BCUT2D eigenvalue weighted by Crippen LogP contribution is 2.31. The summed E-state index contributed by atoms with van der Waals surface area (Å²) in [5.74, 6) is -0.464. The van der Waals surface area contributed by atoms with Crippen LogP contribution in [-0.4, -0.2) is 0 Å². The second-order valence-electron chi connectivity index (χ2n) is 4.55. The molecule has 1 nitrogen and oxygen atoms in total. The van der Waals surface area contributed by atoms with Crippen LogP contribution in [-0.2, 0) is 0 Å². The molecule has 0 saturated heterocycles. The maximum atomic E-state index is 13.7. The predicted octanol–water partition coefficient (Wildman–Crippen LogP) is 4.29. The van der Waals surface area contributed by atoms with E-state index in [2.05, 4.69) is 0 Å². The van der Waals surface area contributed by atoms with Crippen LogP contribution in [0.4, 0.5) is 4.39 Å². The summed E-state index contributed by atoms with van der Waals surface area (Å²) in [6, 6.07) is 10.8. The Labute approximate surface area is 107 Å². The van der Waals surface area contributed by atoms with Crippen LogP contribution in [0.1, 0.15) is 22.3 Å². The fourth-order valence-electron chi connectivity index (χ4n) is 2.45. The highest BCUT2D eigenvalue weighted by molar-refractivity contribution is 5.76. The number of hydrogen-bond acceptors (Lipinski definition) is 1. The Morgan fingerprint density at radius 2 is 1.67 bits per heavy atom. The van der Waals surface area contributed by atoms with Gasteiger partial charge in [0.15, 0.2) is 0 Å². The molecule has 0 spiro atoms. The third-order valence-corrected chi connectivity index (χ3v) is 3.07. The molecule has 0 aliphatic carbocycles. The zero-order chi connectivity index (χ0) is 13.3. The zero-order valence-corrected chi connectivity index (χ0v) is 10.7. The van der Waals surface area contributed by atoms with E-state index in [1.165, 1.54) is 11.6 Å². The minimum atomic E-state index is -0.464. The van der Waals surface area contributed by atoms with Crippen molar-refractivity contribution in [3.8, 4) is 17.2 Å². The molecule has 2 rings (SSSR count). The smallest absolute Gasteiger partial charge is 0.141 e. The minimum Gasteiger partial charge on any atom is -0.206 e. The Hall–Kier alpha value is -2.14. The average molecular weight is 239 g/mol. The summed E-state index contributed by atoms with van der Waals surface area (Å²) in [4.78, 5) is 0. The van der Waals surface area contributed by atoms with Crippen molar-refractivity contribution in [2.45, 2.75) is 20.8 Å². The summed E-state index contributed by atoms with van der Waals surface area (Å²) >= 11 is 0. The van der Waals surface area contributed by atoms with Gasteiger partial charge in [0.1, 0.15) is 11.9 Å². The predicted molar refractivity (Wildman–Crippen MR) is 70.8 cm³/mol. The Bertz CT molecular complexity index is 628. The fourth-order valence-corrected chi connectivity index (χ4v) is 2.45. The number of nitrogens with zero attached hydrogens (tertiary/aromatic N) is 1. The van der Waals surface area contributed by atoms with Gasteiger partial charge in [-0.25, -0.2) is 4.39 Å². The van der Waals surface area contributed by atoms with Gasteiger partial charge in [-0.05, 0) is 43.5 Å². The van der Waals surface area contributed by atoms with E-state index in [0.717, 1.165) is 16.7 Å². The molecule has 2 aromatic rings. The number of nitriles is 1. The minimum absolute atomic E-state index is 0.118. The first-order valence-electron chi connectivity index (χ1n) is 5.81. The van der Waals surface area contributed by atoms with Gasteiger partial charge < -0.3 is 0 Å². The summed E-state index contributed by atoms with van der Waals surface area (Å²) in [7, 11) is 0. The van der Waals surface area contributed by atoms with E-state index in [4.69, 9.17) is 5.26 Å². The van der Waals surface area contributed by atoms with Gasteiger partial charge in [-0.1, -0.05) is 29.8 Å². The summed E-state index contributed by atoms with van der Waals surface area (Å²) in [5, 5.41) is 9.11. The van der Waals surface area contributed by atoms with Crippen LogP contribution in [0, 0.1) is 37.9 Å². The molecular formula is C16H14FN. The number of aryl methyl sites for hydroxylation is 3. The van der Waals surface area contributed by atoms with Crippen molar-refractivity contribution in [3.63, 3.8) is 0 Å². The number of hydrogen-bond donors (Lipinski definition) is 0. The molecule has 0 saturated carbocycles. The van der Waals surface area contributed by atoms with Crippen molar-refractivity contribution in [3.05, 3.63) is 58.4 Å². The molecule has 18 heavy (non-hydrogen) atoms. The van der Waals surface area contributed by atoms with Crippen molar-refractivity contribution in [1.82, 2.24) is 0 Å². The van der Waals surface area contributed by atoms with E-state index < -0.39 is 5.82 Å². The van der Waals surface area contributed by atoms with E-state index in [1.807, 2.05) is 39.0 Å². The van der Waals surface area contributed by atoms with Gasteiger partial charge in [-0.3, -0.25) is 0 Å². The first-order valence-corrected chi connectivity index (χ1v) is 5.81. The lowest BCUT2D eigenvalue weighted by molar-refractivity contribution is 0.624. The molecule has 0 fully saturated rings. The third kappa shape index (κ3) is 2.00. The zero-order valence-electron chi connectivity index (χ0n) is 10.7. The molecule has 0 aromatic heterocycles. The molecule has 0 heterocycles. The average Bonchev–Trinajstić information content (AvgIpc) is 2.27. The molecule has 0 bridgehead atoms. The number of rotatable bonds is 1. The molecule has 0 unspecified atom stereocenters. The Morgan fingerprint density at radius 3 is 2.22 bits per heavy atom. The second kappa shape index (κ2) is 4.62. The van der Waals surface area contributed by atoms with Gasteiger partial charge in [-0.2, -0.15) is 5.26 Å². The monoisotopic (exact) mass is 239 g/mol. The van der Waals surface area contributed by atoms with Crippen LogP contribution in [0.3, 0.4) is 0 Å². The van der Waals surface area contributed by atoms with Crippen molar-refractivity contribution in [2.75, 3.05) is 0 Å². The number of halogens is 1. The lowest BCUT2D eigenvalue weighted by Gasteiger charge is -2.13. The van der Waals surface area contributed by atoms with E-state index in [-0.39, 0.29) is 5.56 Å². The molecule has 0 radical (unpaired) electrons. The van der Waals surface area contributed by atoms with Crippen molar-refractivity contribution < 1.29 is 4.39 Å². The lowest BCUT2D eigenvalue weighted by Crippen LogP contribution is -1.95. The van der Waals surface area contributed by atoms with Crippen molar-refractivity contribution in [2.24, 2.45) is 0 Å². The molecule has 0 N–H and O–H groups in total. The summed E-state index contributed by atoms with van der Waals surface area (Å²) in [5.41, 5.74) is 5.05. The Kier molecular flexibility index (Phi) is 3.16. The molecule has 0 amide bonds. The van der Waals surface area contributed by atoms with Gasteiger partial charge in [-0.15, -0.1) is 0 Å². The van der Waals surface area contributed by atoms with Crippen LogP contribution in [0.5, 0.6) is 0 Å². The topological polar surface area (TPSA) is 23.8 Å². The highest BCUT2D eigenvalue weighted by Gasteiger charge is 2.13. The molecule has 90 valence electrons. The molecule has 0 aliphatic rings. The van der Waals surface area contributed by atoms with E-state index >= 15 is 0 Å². The largest absolute Gasteiger partial charge is 0.206 e. The highest BCUT2D eigenvalue weighted by atomic mass is 19.1. The van der Waals surface area contributed by atoms with Gasteiger partial charge >= 0.3 is 0 Å². The Morgan fingerprint density at radius 1 is 1.06 bits per heavy atom. The van der Waals surface area contributed by atoms with Crippen LogP contribution in [0.25, 0.3) is 11.1 Å². The van der Waals surface area contributed by atoms with Gasteiger partial charge in [0, 0.05) is 5.56 Å². The quantitative estimate of drug-likeness (QED) is 0.728. The van der Waals surface area contributed by atoms with E-state index in [9.17, 15) is 4.39 Å². The molecule has 2 heteroatoms. The Balaban J connectivity index is 2.79. The third-order valence-electron chi connectivity index (χ3n) is 3.07. The maximum Gasteiger partial charge on any atom is 0.141 e. The van der Waals surface area contributed by atoms with Gasteiger partial charge in [0.05, 0.1) is 5.56 Å². The fraction of sp³-hybridized carbons (Fsp3) is 0.188. The summed E-state index contributed by atoms with van der Waals surface area (Å²) < 4.78 is 13.7. The lowest BCUT2D eigenvalue weighted by atomic mass is 9.91. The summed E-state index contributed by atoms with van der Waals surface area (Å²) in [6.45, 7) is 6.00. The summed E-state index contributed by atoms with van der Waals surface area (Å²) in [6.07, 6.45) is 0. The molecule has 0 aliphatic heterocycles. The van der Waals surface area contributed by atoms with E-state index in [0.29, 0.717) is 5.56 Å². The van der Waals surface area contributed by atoms with Gasteiger partial charge in [0.2, 0.25) is 0 Å². The van der Waals surface area contributed by atoms with Crippen LogP contribution >= 0.6 is 0 Å². The van der Waals surface area contributed by atoms with Crippen molar-refractivity contribution in [1.29, 1.82) is 5.26 Å². The standard InChI is InChI=1S/C16H14FN/c1-10-7-11(2)16(12(3)8-10)13-5-4-6-15(17)14(13)9-18/h4-8H,1-3H3. The van der Waals surface area contributed by atoms with Crippen molar-refractivity contribution >= 4 is 0 Å². The first-order chi connectivity index (χ1) is 8.54. The normalized spacial score (nSPS) is 10.2. The SMILES string of the molecule is Cc1cc(C)c(-c2cccc(F)c2C#N)c(C)c1. The second-order valence-corrected chi connectivity index (χ2v) is 4.55. The number of benzene rings is 2. The molecule has 0 atom stereocenters. The molecular weight excluding hydrogens is 225 g/mol. The van der Waals surface area contributed by atoms with E-state index in [1.54, 1.807) is 12.1 Å². The molecule has 2 aromatic carbocycles. The van der Waals surface area contributed by atoms with Crippen LogP contribution in [0.15, 0.2) is 30.3 Å².